The van der Waals surface area contributed by atoms with E-state index in [0.717, 1.165) is 19.4 Å². The van der Waals surface area contributed by atoms with Crippen LogP contribution in [0.1, 0.15) is 19.8 Å². The zero-order valence-electron chi connectivity index (χ0n) is 11.7. The molecule has 2 amide bonds. The van der Waals surface area contributed by atoms with Gasteiger partial charge in [0.1, 0.15) is 0 Å². The van der Waals surface area contributed by atoms with E-state index in [4.69, 9.17) is 9.88 Å². The number of nitrogens with two attached hydrogens (primary N) is 1. The van der Waals surface area contributed by atoms with Gasteiger partial charge in [-0.25, -0.2) is 18.4 Å². The first-order valence-corrected chi connectivity index (χ1v) is 8.23. The van der Waals surface area contributed by atoms with E-state index in [1.54, 1.807) is 0 Å². The number of primary sulfonamides is 1. The first-order chi connectivity index (χ1) is 9.86. The lowest BCUT2D eigenvalue weighted by molar-refractivity contribution is 0.0868. The number of sulfonamides is 1. The Kier molecular flexibility index (Phi) is 4.81. The molecule has 0 aliphatic carbocycles. The van der Waals surface area contributed by atoms with E-state index in [1.807, 2.05) is 6.92 Å². The third-order valence-electron chi connectivity index (χ3n) is 3.32. The molecule has 1 aromatic carbocycles. The number of benzene rings is 1. The monoisotopic (exact) mass is 313 g/mol. The molecule has 1 heterocycles. The fourth-order valence-corrected chi connectivity index (χ4v) is 2.71. The first-order valence-electron chi connectivity index (χ1n) is 6.68. The van der Waals surface area contributed by atoms with E-state index in [9.17, 15) is 13.2 Å². The molecule has 0 saturated carbocycles. The van der Waals surface area contributed by atoms with Gasteiger partial charge in [0.25, 0.3) is 0 Å². The summed E-state index contributed by atoms with van der Waals surface area (Å²) in [5, 5.41) is 10.4. The van der Waals surface area contributed by atoms with Crippen LogP contribution in [0.5, 0.6) is 0 Å². The quantitative estimate of drug-likeness (QED) is 0.770. The highest BCUT2D eigenvalue weighted by Gasteiger charge is 2.23. The number of ether oxygens (including phenoxy) is 1. The van der Waals surface area contributed by atoms with Crippen molar-refractivity contribution in [2.24, 2.45) is 5.14 Å². The maximum atomic E-state index is 11.8. The van der Waals surface area contributed by atoms with Gasteiger partial charge in [0.15, 0.2) is 0 Å². The molecule has 0 spiro atoms. The summed E-state index contributed by atoms with van der Waals surface area (Å²) in [5.74, 6) is 0. The van der Waals surface area contributed by atoms with Gasteiger partial charge in [0.05, 0.1) is 17.0 Å². The topological polar surface area (TPSA) is 111 Å². The van der Waals surface area contributed by atoms with Crippen molar-refractivity contribution in [3.63, 3.8) is 0 Å². The van der Waals surface area contributed by atoms with Crippen LogP contribution in [-0.2, 0) is 14.8 Å². The molecule has 116 valence electrons. The molecule has 0 radical (unpaired) electrons. The summed E-state index contributed by atoms with van der Waals surface area (Å²) < 4.78 is 27.7. The van der Waals surface area contributed by atoms with E-state index in [1.165, 1.54) is 24.3 Å². The van der Waals surface area contributed by atoms with Crippen molar-refractivity contribution in [3.05, 3.63) is 24.3 Å². The van der Waals surface area contributed by atoms with Crippen LogP contribution < -0.4 is 15.8 Å². The third kappa shape index (κ3) is 4.42. The van der Waals surface area contributed by atoms with Crippen LogP contribution in [0.15, 0.2) is 29.2 Å². The minimum Gasteiger partial charge on any atom is -0.376 e. The van der Waals surface area contributed by atoms with Gasteiger partial charge >= 0.3 is 6.03 Å². The number of carbonyl (C=O) groups is 1. The number of urea groups is 1. The Morgan fingerprint density at radius 2 is 2.05 bits per heavy atom. The van der Waals surface area contributed by atoms with Gasteiger partial charge in [-0.3, -0.25) is 0 Å². The Morgan fingerprint density at radius 1 is 1.38 bits per heavy atom. The molecule has 1 aliphatic heterocycles. The van der Waals surface area contributed by atoms with Crippen molar-refractivity contribution in [3.8, 4) is 0 Å². The summed E-state index contributed by atoms with van der Waals surface area (Å²) in [6, 6.07) is 5.20. The Balaban J connectivity index is 1.90. The smallest absolute Gasteiger partial charge is 0.319 e. The molecule has 1 aromatic rings. The number of rotatable bonds is 4. The highest BCUT2D eigenvalue weighted by molar-refractivity contribution is 7.89. The van der Waals surface area contributed by atoms with E-state index in [2.05, 4.69) is 10.6 Å². The maximum Gasteiger partial charge on any atom is 0.319 e. The van der Waals surface area contributed by atoms with Crippen molar-refractivity contribution in [2.45, 2.75) is 36.8 Å². The third-order valence-corrected chi connectivity index (χ3v) is 4.25. The van der Waals surface area contributed by atoms with Gasteiger partial charge in [-0.15, -0.1) is 0 Å². The van der Waals surface area contributed by atoms with Crippen molar-refractivity contribution >= 4 is 21.7 Å². The SMILES string of the molecule is C[C@H](NC(=O)Nc1ccc(S(N)(=O)=O)cc1)[C@H]1CCCO1. The largest absolute Gasteiger partial charge is 0.376 e. The molecule has 1 saturated heterocycles. The second kappa shape index (κ2) is 6.42. The fourth-order valence-electron chi connectivity index (χ4n) is 2.19. The molecule has 0 bridgehead atoms. The fraction of sp³-hybridized carbons (Fsp3) is 0.462. The molecule has 1 fully saturated rings. The Hall–Kier alpha value is -1.64. The number of anilines is 1. The van der Waals surface area contributed by atoms with Crippen LogP contribution in [-0.4, -0.2) is 33.2 Å². The lowest BCUT2D eigenvalue weighted by Gasteiger charge is -2.20. The molecule has 1 aliphatic rings. The van der Waals surface area contributed by atoms with Crippen LogP contribution in [0.25, 0.3) is 0 Å². The molecule has 4 N–H and O–H groups in total. The van der Waals surface area contributed by atoms with Gasteiger partial charge in [-0.1, -0.05) is 0 Å². The lowest BCUT2D eigenvalue weighted by atomic mass is 10.1. The van der Waals surface area contributed by atoms with E-state index < -0.39 is 10.0 Å². The van der Waals surface area contributed by atoms with E-state index >= 15 is 0 Å². The molecule has 2 rings (SSSR count). The standard InChI is InChI=1S/C13H19N3O4S/c1-9(12-3-2-8-20-12)15-13(17)16-10-4-6-11(7-5-10)21(14,18)19/h4-7,9,12H,2-3,8H2,1H3,(H2,14,18,19)(H2,15,16,17)/t9-,12+/m0/s1. The van der Waals surface area contributed by atoms with Gasteiger partial charge in [0.2, 0.25) is 10.0 Å². The normalized spacial score (nSPS) is 20.0. The summed E-state index contributed by atoms with van der Waals surface area (Å²) in [4.78, 5) is 11.8. The summed E-state index contributed by atoms with van der Waals surface area (Å²) in [7, 11) is -3.72. The van der Waals surface area contributed by atoms with Gasteiger partial charge in [-0.2, -0.15) is 0 Å². The molecule has 2 atom stereocenters. The lowest BCUT2D eigenvalue weighted by Crippen LogP contribution is -2.42. The Labute approximate surface area is 123 Å². The van der Waals surface area contributed by atoms with E-state index in [-0.39, 0.29) is 23.1 Å². The zero-order valence-corrected chi connectivity index (χ0v) is 12.5. The van der Waals surface area contributed by atoms with Gasteiger partial charge in [0, 0.05) is 12.3 Å². The predicted octanol–water partition coefficient (Wildman–Crippen LogP) is 1.02. The average molecular weight is 313 g/mol. The molecular weight excluding hydrogens is 294 g/mol. The maximum absolute atomic E-state index is 11.8. The molecular formula is C13H19N3O4S. The van der Waals surface area contributed by atoms with Crippen LogP contribution in [0.3, 0.4) is 0 Å². The highest BCUT2D eigenvalue weighted by Crippen LogP contribution is 2.16. The summed E-state index contributed by atoms with van der Waals surface area (Å²) >= 11 is 0. The number of hydrogen-bond donors (Lipinski definition) is 3. The first kappa shape index (κ1) is 15.7. The van der Waals surface area contributed by atoms with Crippen molar-refractivity contribution in [1.29, 1.82) is 0 Å². The van der Waals surface area contributed by atoms with Crippen molar-refractivity contribution in [2.75, 3.05) is 11.9 Å². The van der Waals surface area contributed by atoms with Gasteiger partial charge < -0.3 is 15.4 Å². The van der Waals surface area contributed by atoms with Crippen LogP contribution in [0.2, 0.25) is 0 Å². The molecule has 8 heteroatoms. The van der Waals surface area contributed by atoms with E-state index in [0.29, 0.717) is 5.69 Å². The predicted molar refractivity (Wildman–Crippen MR) is 78.4 cm³/mol. The molecule has 0 unspecified atom stereocenters. The molecule has 7 nitrogen and oxygen atoms in total. The van der Waals surface area contributed by atoms with Gasteiger partial charge in [-0.05, 0) is 44.0 Å². The Bertz CT molecular complexity index is 594. The second-order valence-corrected chi connectivity index (χ2v) is 6.57. The zero-order chi connectivity index (χ0) is 15.5. The molecule has 21 heavy (non-hydrogen) atoms. The minimum absolute atomic E-state index is 0.00109. The van der Waals surface area contributed by atoms with Crippen molar-refractivity contribution < 1.29 is 17.9 Å². The number of nitrogens with one attached hydrogen (secondary N) is 2. The number of hydrogen-bond acceptors (Lipinski definition) is 4. The number of amides is 2. The van der Waals surface area contributed by atoms with Crippen LogP contribution in [0.4, 0.5) is 10.5 Å². The van der Waals surface area contributed by atoms with Crippen LogP contribution in [0, 0.1) is 0 Å². The summed E-state index contributed by atoms with van der Waals surface area (Å²) in [5.41, 5.74) is 0.486. The second-order valence-electron chi connectivity index (χ2n) is 5.01. The summed E-state index contributed by atoms with van der Waals surface area (Å²) in [6.07, 6.45) is 1.98. The average Bonchev–Trinajstić information content (AvgIpc) is 2.92. The van der Waals surface area contributed by atoms with Crippen molar-refractivity contribution in [1.82, 2.24) is 5.32 Å². The minimum atomic E-state index is -3.72. The highest BCUT2D eigenvalue weighted by atomic mass is 32.2. The van der Waals surface area contributed by atoms with Crippen LogP contribution >= 0.6 is 0 Å². The summed E-state index contributed by atoms with van der Waals surface area (Å²) in [6.45, 7) is 2.62. The number of carbonyl (C=O) groups excluding carboxylic acids is 1. The molecule has 0 aromatic heterocycles. The Morgan fingerprint density at radius 3 is 2.57 bits per heavy atom.